The van der Waals surface area contributed by atoms with Gasteiger partial charge in [0.2, 0.25) is 5.89 Å². The summed E-state index contributed by atoms with van der Waals surface area (Å²) < 4.78 is 10.2. The molecule has 1 amide bonds. The van der Waals surface area contributed by atoms with Gasteiger partial charge in [0.1, 0.15) is 0 Å². The minimum absolute atomic E-state index is 0.0594. The highest BCUT2D eigenvalue weighted by Gasteiger charge is 2.27. The summed E-state index contributed by atoms with van der Waals surface area (Å²) in [5.74, 6) is 0.407. The molecule has 2 heterocycles. The first-order valence-electron chi connectivity index (χ1n) is 7.00. The predicted octanol–water partition coefficient (Wildman–Crippen LogP) is 0.991. The van der Waals surface area contributed by atoms with Crippen molar-refractivity contribution in [3.63, 3.8) is 0 Å². The number of nitrogens with one attached hydrogen (secondary N) is 1. The van der Waals surface area contributed by atoms with Crippen LogP contribution in [0.1, 0.15) is 49.2 Å². The lowest BCUT2D eigenvalue weighted by molar-refractivity contribution is 0.0619. The molecule has 1 aromatic rings. The van der Waals surface area contributed by atoms with Gasteiger partial charge in [-0.2, -0.15) is 4.98 Å². The Morgan fingerprint density at radius 3 is 3.00 bits per heavy atom. The summed E-state index contributed by atoms with van der Waals surface area (Å²) in [5, 5.41) is 7.08. The third-order valence-corrected chi connectivity index (χ3v) is 3.41. The molecule has 0 spiro atoms. The SMILES string of the molecule is COCCN(C(=O)c1noc(C2CCCN2)n1)C(C)C. The van der Waals surface area contributed by atoms with Crippen molar-refractivity contribution in [2.45, 2.75) is 38.8 Å². The third kappa shape index (κ3) is 3.34. The van der Waals surface area contributed by atoms with E-state index in [9.17, 15) is 4.79 Å². The second-order valence-corrected chi connectivity index (χ2v) is 5.19. The predicted molar refractivity (Wildman–Crippen MR) is 72.3 cm³/mol. The minimum Gasteiger partial charge on any atom is -0.383 e. The number of carbonyl (C=O) groups excluding carboxylic acids is 1. The zero-order valence-electron chi connectivity index (χ0n) is 12.3. The van der Waals surface area contributed by atoms with E-state index < -0.39 is 0 Å². The number of ether oxygens (including phenoxy) is 1. The first kappa shape index (κ1) is 14.9. The van der Waals surface area contributed by atoms with E-state index in [1.807, 2.05) is 13.8 Å². The Morgan fingerprint density at radius 2 is 2.40 bits per heavy atom. The van der Waals surface area contributed by atoms with Crippen LogP contribution in [0.25, 0.3) is 0 Å². The van der Waals surface area contributed by atoms with Crippen LogP contribution in [-0.4, -0.2) is 53.8 Å². The molecule has 1 unspecified atom stereocenters. The lowest BCUT2D eigenvalue weighted by Crippen LogP contribution is -2.39. The smallest absolute Gasteiger partial charge is 0.295 e. The fourth-order valence-corrected chi connectivity index (χ4v) is 2.27. The molecule has 1 saturated heterocycles. The molecule has 0 saturated carbocycles. The molecule has 7 heteroatoms. The van der Waals surface area contributed by atoms with Gasteiger partial charge in [0.25, 0.3) is 11.7 Å². The van der Waals surface area contributed by atoms with E-state index in [1.54, 1.807) is 12.0 Å². The van der Waals surface area contributed by atoms with E-state index in [4.69, 9.17) is 9.26 Å². The van der Waals surface area contributed by atoms with Gasteiger partial charge >= 0.3 is 0 Å². The molecule has 1 aliphatic rings. The van der Waals surface area contributed by atoms with Gasteiger partial charge < -0.3 is 19.5 Å². The van der Waals surface area contributed by atoms with Crippen molar-refractivity contribution in [1.29, 1.82) is 0 Å². The summed E-state index contributed by atoms with van der Waals surface area (Å²) in [4.78, 5) is 18.3. The van der Waals surface area contributed by atoms with Crippen LogP contribution < -0.4 is 5.32 Å². The highest BCUT2D eigenvalue weighted by atomic mass is 16.5. The summed E-state index contributed by atoms with van der Waals surface area (Å²) in [5.41, 5.74) is 0. The van der Waals surface area contributed by atoms with Crippen LogP contribution in [-0.2, 0) is 4.74 Å². The number of hydrogen-bond donors (Lipinski definition) is 1. The molecule has 0 radical (unpaired) electrons. The zero-order chi connectivity index (χ0) is 14.5. The van der Waals surface area contributed by atoms with Gasteiger partial charge in [0.15, 0.2) is 0 Å². The standard InChI is InChI=1S/C13H22N4O3/c1-9(2)17(7-8-19-3)13(18)11-15-12(20-16-11)10-5-4-6-14-10/h9-10,14H,4-8H2,1-3H3. The van der Waals surface area contributed by atoms with Crippen LogP contribution >= 0.6 is 0 Å². The molecule has 1 atom stereocenters. The molecular weight excluding hydrogens is 260 g/mol. The minimum atomic E-state index is -0.218. The number of rotatable bonds is 6. The maximum Gasteiger partial charge on any atom is 0.295 e. The molecule has 0 aromatic carbocycles. The molecule has 2 rings (SSSR count). The zero-order valence-corrected chi connectivity index (χ0v) is 12.3. The highest BCUT2D eigenvalue weighted by molar-refractivity contribution is 5.90. The Balaban J connectivity index is 2.06. The van der Waals surface area contributed by atoms with Crippen molar-refractivity contribution in [3.05, 3.63) is 11.7 Å². The Kier molecular flexibility index (Phi) is 5.08. The second kappa shape index (κ2) is 6.81. The van der Waals surface area contributed by atoms with E-state index >= 15 is 0 Å². The largest absolute Gasteiger partial charge is 0.383 e. The quantitative estimate of drug-likeness (QED) is 0.838. The van der Waals surface area contributed by atoms with Crippen molar-refractivity contribution in [1.82, 2.24) is 20.4 Å². The molecule has 1 aromatic heterocycles. The van der Waals surface area contributed by atoms with Gasteiger partial charge in [-0.15, -0.1) is 0 Å². The van der Waals surface area contributed by atoms with Crippen molar-refractivity contribution in [2.75, 3.05) is 26.8 Å². The van der Waals surface area contributed by atoms with Crippen molar-refractivity contribution in [3.8, 4) is 0 Å². The van der Waals surface area contributed by atoms with Gasteiger partial charge in [-0.25, -0.2) is 0 Å². The number of methoxy groups -OCH3 is 1. The topological polar surface area (TPSA) is 80.5 Å². The van der Waals surface area contributed by atoms with Gasteiger partial charge in [-0.3, -0.25) is 4.79 Å². The number of amides is 1. The van der Waals surface area contributed by atoms with Crippen LogP contribution in [0.15, 0.2) is 4.52 Å². The van der Waals surface area contributed by atoms with Gasteiger partial charge in [-0.1, -0.05) is 5.16 Å². The first-order chi connectivity index (χ1) is 9.63. The molecule has 0 aliphatic carbocycles. The van der Waals surface area contributed by atoms with Crippen molar-refractivity contribution >= 4 is 5.91 Å². The van der Waals surface area contributed by atoms with E-state index in [2.05, 4.69) is 15.5 Å². The Labute approximate surface area is 118 Å². The molecule has 112 valence electrons. The van der Waals surface area contributed by atoms with E-state index in [1.165, 1.54) is 0 Å². The second-order valence-electron chi connectivity index (χ2n) is 5.19. The number of carbonyl (C=O) groups is 1. The Morgan fingerprint density at radius 1 is 1.60 bits per heavy atom. The monoisotopic (exact) mass is 282 g/mol. The number of aromatic nitrogens is 2. The normalized spacial score (nSPS) is 18.7. The fourth-order valence-electron chi connectivity index (χ4n) is 2.27. The lowest BCUT2D eigenvalue weighted by atomic mass is 10.2. The summed E-state index contributed by atoms with van der Waals surface area (Å²) in [7, 11) is 1.61. The maximum atomic E-state index is 12.4. The van der Waals surface area contributed by atoms with Crippen molar-refractivity contribution < 1.29 is 14.1 Å². The summed E-state index contributed by atoms with van der Waals surface area (Å²) >= 11 is 0. The van der Waals surface area contributed by atoms with Crippen LogP contribution in [0.2, 0.25) is 0 Å². The fraction of sp³-hybridized carbons (Fsp3) is 0.769. The molecule has 1 aliphatic heterocycles. The van der Waals surface area contributed by atoms with Crippen LogP contribution in [0, 0.1) is 0 Å². The molecule has 1 N–H and O–H groups in total. The third-order valence-electron chi connectivity index (χ3n) is 3.41. The molecular formula is C13H22N4O3. The van der Waals surface area contributed by atoms with E-state index in [-0.39, 0.29) is 23.8 Å². The molecule has 20 heavy (non-hydrogen) atoms. The maximum absolute atomic E-state index is 12.4. The van der Waals surface area contributed by atoms with E-state index in [0.717, 1.165) is 19.4 Å². The Hall–Kier alpha value is -1.47. The average Bonchev–Trinajstić information content (AvgIpc) is 3.09. The average molecular weight is 282 g/mol. The highest BCUT2D eigenvalue weighted by Crippen LogP contribution is 2.21. The summed E-state index contributed by atoms with van der Waals surface area (Å²) in [6, 6.07) is 0.139. The number of nitrogens with zero attached hydrogens (tertiary/aromatic N) is 3. The van der Waals surface area contributed by atoms with Crippen LogP contribution in [0.4, 0.5) is 0 Å². The molecule has 7 nitrogen and oxygen atoms in total. The first-order valence-corrected chi connectivity index (χ1v) is 7.00. The van der Waals surface area contributed by atoms with E-state index in [0.29, 0.717) is 19.0 Å². The lowest BCUT2D eigenvalue weighted by Gasteiger charge is -2.24. The summed E-state index contributed by atoms with van der Waals surface area (Å²) in [6.07, 6.45) is 2.05. The Bertz CT molecular complexity index is 441. The number of hydrogen-bond acceptors (Lipinski definition) is 6. The molecule has 1 fully saturated rings. The van der Waals surface area contributed by atoms with Crippen LogP contribution in [0.5, 0.6) is 0 Å². The summed E-state index contributed by atoms with van der Waals surface area (Å²) in [6.45, 7) is 5.85. The van der Waals surface area contributed by atoms with Crippen LogP contribution in [0.3, 0.4) is 0 Å². The van der Waals surface area contributed by atoms with Crippen molar-refractivity contribution in [2.24, 2.45) is 0 Å². The van der Waals surface area contributed by atoms with Gasteiger partial charge in [0, 0.05) is 19.7 Å². The van der Waals surface area contributed by atoms with Gasteiger partial charge in [0.05, 0.1) is 12.6 Å². The van der Waals surface area contributed by atoms with Gasteiger partial charge in [-0.05, 0) is 33.2 Å². The molecule has 0 bridgehead atoms.